The molecular formula is C86H110N6O22. The molecule has 0 spiro atoms. The van der Waals surface area contributed by atoms with Gasteiger partial charge in [-0.1, -0.05) is 93.6 Å². The predicted molar refractivity (Wildman–Crippen MR) is 422 cm³/mol. The van der Waals surface area contributed by atoms with Crippen LogP contribution in [-0.2, 0) is 110 Å². The second-order valence-electron chi connectivity index (χ2n) is 28.4. The van der Waals surface area contributed by atoms with Crippen LogP contribution in [0.4, 0.5) is 16.2 Å². The van der Waals surface area contributed by atoms with Crippen molar-refractivity contribution >= 4 is 70.6 Å². The normalized spacial score (nSPS) is 16.5. The van der Waals surface area contributed by atoms with E-state index in [4.69, 9.17) is 61.8 Å². The molecule has 5 heterocycles. The van der Waals surface area contributed by atoms with E-state index in [1.807, 2.05) is 81.3 Å². The van der Waals surface area contributed by atoms with Crippen molar-refractivity contribution in [3.63, 3.8) is 0 Å². The molecule has 5 aliphatic rings. The number of aliphatic hydroxyl groups excluding tert-OH is 1. The van der Waals surface area contributed by atoms with Gasteiger partial charge in [-0.15, -0.1) is 0 Å². The van der Waals surface area contributed by atoms with Crippen LogP contribution in [0.1, 0.15) is 133 Å². The summed E-state index contributed by atoms with van der Waals surface area (Å²) in [6, 6.07) is 27.8. The second-order valence-corrected chi connectivity index (χ2v) is 28.4. The monoisotopic (exact) mass is 1580 g/mol. The van der Waals surface area contributed by atoms with E-state index in [2.05, 4.69) is 11.4 Å². The van der Waals surface area contributed by atoms with Gasteiger partial charge in [0.1, 0.15) is 23.9 Å². The Morgan fingerprint density at radius 1 is 0.570 bits per heavy atom. The summed E-state index contributed by atoms with van der Waals surface area (Å²) in [6.07, 6.45) is 4.90. The summed E-state index contributed by atoms with van der Waals surface area (Å²) in [6.45, 7) is 20.3. The molecule has 10 rings (SSSR count). The van der Waals surface area contributed by atoms with Crippen molar-refractivity contribution in [2.45, 2.75) is 143 Å². The van der Waals surface area contributed by atoms with Gasteiger partial charge in [-0.3, -0.25) is 48.2 Å². The third kappa shape index (κ3) is 25.9. The van der Waals surface area contributed by atoms with Crippen LogP contribution >= 0.6 is 0 Å². The van der Waals surface area contributed by atoms with Gasteiger partial charge < -0.3 is 77.1 Å². The fourth-order valence-electron chi connectivity index (χ4n) is 13.5. The lowest BCUT2D eigenvalue weighted by Crippen LogP contribution is -2.55. The fourth-order valence-corrected chi connectivity index (χ4v) is 13.5. The Bertz CT molecular complexity index is 4090. The van der Waals surface area contributed by atoms with Crippen LogP contribution in [0.3, 0.4) is 0 Å². The molecule has 2 N–H and O–H groups in total. The maximum absolute atomic E-state index is 14.6. The molecule has 3 unspecified atom stereocenters. The molecule has 0 saturated carbocycles. The third-order valence-electron chi connectivity index (χ3n) is 20.0. The van der Waals surface area contributed by atoms with E-state index in [9.17, 15) is 48.3 Å². The number of ether oxygens (including phenoxy) is 12. The maximum Gasteiger partial charge on any atom is 0.416 e. The quantitative estimate of drug-likeness (QED) is 0.0271. The minimum Gasteiger partial charge on any atom is -0.493 e. The molecule has 616 valence electrons. The number of nitrogens with zero attached hydrogens (tertiary/aromatic N) is 5. The zero-order valence-corrected chi connectivity index (χ0v) is 66.6. The molecule has 0 radical (unpaired) electrons. The first-order valence-electron chi connectivity index (χ1n) is 39.4. The molecule has 0 bridgehead atoms. The number of benzene rings is 5. The lowest BCUT2D eigenvalue weighted by molar-refractivity contribution is -0.137. The number of aliphatic imine (C=N–C) groups is 1. The number of anilines is 1. The van der Waals surface area contributed by atoms with E-state index in [0.29, 0.717) is 196 Å². The number of ketones is 3. The summed E-state index contributed by atoms with van der Waals surface area (Å²) in [7, 11) is 1.52. The zero-order chi connectivity index (χ0) is 81.3. The maximum atomic E-state index is 14.6. The molecule has 0 fully saturated rings. The van der Waals surface area contributed by atoms with Crippen LogP contribution in [0.25, 0.3) is 0 Å². The summed E-state index contributed by atoms with van der Waals surface area (Å²) in [4.78, 5) is 126. The summed E-state index contributed by atoms with van der Waals surface area (Å²) in [5, 5.41) is 15.0. The largest absolute Gasteiger partial charge is 0.493 e. The van der Waals surface area contributed by atoms with Crippen LogP contribution in [0, 0.1) is 18.8 Å². The molecule has 5 aromatic carbocycles. The van der Waals surface area contributed by atoms with E-state index >= 15 is 0 Å². The Morgan fingerprint density at radius 3 is 1.68 bits per heavy atom. The number of Topliss-reactive ketones (excluding diaryl/α,β-unsaturated/α-hetero) is 3. The molecule has 5 aliphatic heterocycles. The number of rotatable bonds is 47. The van der Waals surface area contributed by atoms with Gasteiger partial charge in [-0.2, -0.15) is 0 Å². The van der Waals surface area contributed by atoms with Gasteiger partial charge in [0, 0.05) is 108 Å². The molecule has 114 heavy (non-hydrogen) atoms. The van der Waals surface area contributed by atoms with Crippen molar-refractivity contribution in [1.29, 1.82) is 0 Å². The zero-order valence-electron chi connectivity index (χ0n) is 66.6. The molecule has 28 heteroatoms. The minimum atomic E-state index is -1.50. The molecule has 0 saturated heterocycles. The highest BCUT2D eigenvalue weighted by Gasteiger charge is 2.46. The number of carbonyl (C=O) groups is 9. The fraction of sp³-hybridized carbons (Fsp3) is 0.512. The van der Waals surface area contributed by atoms with E-state index in [1.165, 1.54) is 24.8 Å². The number of hydrogen-bond acceptors (Lipinski definition) is 23. The van der Waals surface area contributed by atoms with Crippen LogP contribution in [0.15, 0.2) is 114 Å². The highest BCUT2D eigenvalue weighted by Crippen LogP contribution is 2.41. The topological polar surface area (TPSA) is 322 Å². The Labute approximate surface area is 666 Å². The van der Waals surface area contributed by atoms with Gasteiger partial charge >= 0.3 is 6.09 Å². The highest BCUT2D eigenvalue weighted by molar-refractivity contribution is 6.13. The molecule has 0 aliphatic carbocycles. The van der Waals surface area contributed by atoms with Crippen molar-refractivity contribution < 1.29 is 105 Å². The molecule has 6 amide bonds. The van der Waals surface area contributed by atoms with Crippen LogP contribution in [0.2, 0.25) is 0 Å². The Morgan fingerprint density at radius 2 is 1.11 bits per heavy atom. The third-order valence-corrected chi connectivity index (χ3v) is 20.0. The van der Waals surface area contributed by atoms with Gasteiger partial charge in [0.2, 0.25) is 5.91 Å². The first-order chi connectivity index (χ1) is 55.3. The molecule has 28 nitrogen and oxygen atoms in total. The van der Waals surface area contributed by atoms with Crippen molar-refractivity contribution in [2.75, 3.05) is 137 Å². The highest BCUT2D eigenvalue weighted by atomic mass is 16.6. The van der Waals surface area contributed by atoms with Crippen molar-refractivity contribution in [3.8, 4) is 17.2 Å². The van der Waals surface area contributed by atoms with Crippen LogP contribution < -0.4 is 24.4 Å². The van der Waals surface area contributed by atoms with Gasteiger partial charge in [0.05, 0.1) is 153 Å². The van der Waals surface area contributed by atoms with Crippen molar-refractivity contribution in [2.24, 2.45) is 16.8 Å². The molecular weight excluding hydrogens is 1470 g/mol. The first-order valence-corrected chi connectivity index (χ1v) is 39.4. The van der Waals surface area contributed by atoms with E-state index in [0.717, 1.165) is 26.5 Å². The van der Waals surface area contributed by atoms with Crippen LogP contribution in [-0.4, -0.2) is 236 Å². The van der Waals surface area contributed by atoms with Crippen molar-refractivity contribution in [3.05, 3.63) is 159 Å². The number of hydrogen-bond donors (Lipinski definition) is 2. The molecule has 5 aromatic rings. The second kappa shape index (κ2) is 46.1. The average Bonchev–Trinajstić information content (AvgIpc) is 1.54. The Hall–Kier alpha value is -9.62. The minimum absolute atomic E-state index is 0.00223. The lowest BCUT2D eigenvalue weighted by Gasteiger charge is -2.39. The Balaban J connectivity index is 0.000000331. The number of fused-ring (bicyclic) bond motifs is 6. The number of imide groups is 1. The van der Waals surface area contributed by atoms with Gasteiger partial charge in [0.15, 0.2) is 23.5 Å². The summed E-state index contributed by atoms with van der Waals surface area (Å²) < 4.78 is 67.2. The summed E-state index contributed by atoms with van der Waals surface area (Å²) >= 11 is 0. The number of aryl methyl sites for hydroxylation is 1. The molecule has 0 aromatic heterocycles. The van der Waals surface area contributed by atoms with Crippen LogP contribution in [0.5, 0.6) is 17.2 Å². The van der Waals surface area contributed by atoms with Gasteiger partial charge in [-0.25, -0.2) is 9.69 Å². The average molecular weight is 1580 g/mol. The number of methoxy groups -OCH3 is 1. The smallest absolute Gasteiger partial charge is 0.416 e. The standard InChI is InChI=1S/C60H65N5O11.C26H45NO11/c1-7-45(66)27-46(35(2)3)56(68)62-37(5)52(67)24-38-17-19-39(20-18-38)34-76-60(72)65-50-30-53(36(4)23-48(50)58(70)64-33-43-16-11-9-14-41(43)26-51(64)59(65)71)74-21-12-22-75-55-29-49-47(28-54(55)73-6)57(69)63-32-42-15-10-8-13-40(42)25-44(63)31-61-49;1-2-31-10-11-33-14-15-35-18-19-37-22-23-38-21-20-36-17-16-34-13-12-32-9-3-4-24(28)7-8-27-25(29)5-6-26(27)30/h8-11,13-20,23,28-31,35,37,44,46,51,59,71H,7,12,21-22,24-27,32-34H2,1-6H3,(H,62,68);5-6H,2-4,7-23H2,1H3/t37-,44?,46-,51?,59?;/m0./s1. The van der Waals surface area contributed by atoms with E-state index in [1.54, 1.807) is 67.3 Å². The van der Waals surface area contributed by atoms with Gasteiger partial charge in [0.25, 0.3) is 23.6 Å². The SMILES string of the molecule is CCC(=O)C[C@H](C(=O)N[C@@H](C)C(=O)Cc1ccc(COC(=O)N2c3cc(OCCCOc4cc5c(cc4OC)C(=O)N4Cc6ccccc6CC4C=N5)c(C)cc3C(=O)N3Cc4ccccc4CC3C2O)cc1)C(C)C.CCOCCOCCOCCOCCOCCOCCOCCOCCCC(=O)CCN1C(=O)C=CC1=O. The van der Waals surface area contributed by atoms with E-state index < -0.39 is 30.3 Å². The van der Waals surface area contributed by atoms with Gasteiger partial charge in [-0.05, 0) is 97.0 Å². The number of nitrogens with one attached hydrogen (secondary N) is 1. The number of aliphatic hydroxyl groups is 1. The van der Waals surface area contributed by atoms with E-state index in [-0.39, 0.29) is 122 Å². The summed E-state index contributed by atoms with van der Waals surface area (Å²) in [5.74, 6) is -1.13. The van der Waals surface area contributed by atoms with Crippen molar-refractivity contribution in [1.82, 2.24) is 20.0 Å². The number of carbonyl (C=O) groups excluding carboxylic acids is 9. The summed E-state index contributed by atoms with van der Waals surface area (Å²) in [5.41, 5.74) is 7.43. The first kappa shape index (κ1) is 88.3. The number of amides is 6. The Kier molecular flexibility index (Phi) is 35.7. The predicted octanol–water partition coefficient (Wildman–Crippen LogP) is 9.24. The molecule has 5 atom stereocenters. The lowest BCUT2D eigenvalue weighted by atomic mass is 9.89.